The highest BCUT2D eigenvalue weighted by molar-refractivity contribution is 6.04. The van der Waals surface area contributed by atoms with Crippen LogP contribution < -0.4 is 10.7 Å². The van der Waals surface area contributed by atoms with Gasteiger partial charge in [-0.15, -0.1) is 0 Å². The fourth-order valence-corrected chi connectivity index (χ4v) is 3.85. The van der Waals surface area contributed by atoms with E-state index in [1.165, 1.54) is 17.7 Å². The van der Waals surface area contributed by atoms with Gasteiger partial charge in [-0.25, -0.2) is 0 Å². The maximum absolute atomic E-state index is 12.4. The van der Waals surface area contributed by atoms with E-state index in [2.05, 4.69) is 56.9 Å². The lowest BCUT2D eigenvalue weighted by Gasteiger charge is -2.18. The molecule has 3 aromatic rings. The van der Waals surface area contributed by atoms with E-state index in [9.17, 15) is 9.59 Å². The first kappa shape index (κ1) is 30.9. The smallest absolute Gasteiger partial charge is 0.193 e. The number of furan rings is 1. The minimum absolute atomic E-state index is 0. The highest BCUT2D eigenvalue weighted by Crippen LogP contribution is 2.37. The summed E-state index contributed by atoms with van der Waals surface area (Å²) in [5, 5.41) is 4.25. The molecule has 0 atom stereocenters. The van der Waals surface area contributed by atoms with Crippen molar-refractivity contribution in [1.29, 1.82) is 0 Å². The van der Waals surface area contributed by atoms with E-state index in [1.807, 2.05) is 46.2 Å². The average Bonchev–Trinajstić information content (AvgIpc) is 3.27. The number of benzene rings is 1. The molecule has 198 valence electrons. The van der Waals surface area contributed by atoms with Gasteiger partial charge in [-0.3, -0.25) is 9.59 Å². The molecule has 4 rings (SSSR count). The van der Waals surface area contributed by atoms with Crippen LogP contribution in [0.1, 0.15) is 78.3 Å². The lowest BCUT2D eigenvalue weighted by Crippen LogP contribution is -2.20. The number of carbonyl (C=O) groups excluding carboxylic acids is 1. The molecule has 36 heavy (non-hydrogen) atoms. The highest BCUT2D eigenvalue weighted by atomic mass is 16.3. The number of carbonyl (C=O) groups is 1. The first-order chi connectivity index (χ1) is 17.3. The molecule has 0 fully saturated rings. The van der Waals surface area contributed by atoms with Crippen molar-refractivity contribution in [3.05, 3.63) is 76.1 Å². The van der Waals surface area contributed by atoms with Crippen LogP contribution in [0.2, 0.25) is 0 Å². The molecule has 0 aliphatic carbocycles. The zero-order valence-corrected chi connectivity index (χ0v) is 23.6. The maximum Gasteiger partial charge on any atom is 0.193 e. The SMILES string of the molecule is C=CC(=O)c1cn2c(cc1=O)-c1oc3cc(/C(=C/C)CNC)ccc3c1CC2.CC.CC.CC(C)C.[HH]. The van der Waals surface area contributed by atoms with Gasteiger partial charge in [0.2, 0.25) is 0 Å². The van der Waals surface area contributed by atoms with Crippen LogP contribution >= 0.6 is 0 Å². The van der Waals surface area contributed by atoms with Crippen molar-refractivity contribution >= 4 is 22.3 Å². The van der Waals surface area contributed by atoms with Crippen molar-refractivity contribution in [3.63, 3.8) is 0 Å². The Hall–Kier alpha value is -3.18. The molecule has 0 saturated carbocycles. The van der Waals surface area contributed by atoms with E-state index in [0.29, 0.717) is 18.0 Å². The van der Waals surface area contributed by atoms with Gasteiger partial charge in [-0.05, 0) is 49.6 Å². The number of hydrogen-bond acceptors (Lipinski definition) is 4. The first-order valence-corrected chi connectivity index (χ1v) is 13.1. The van der Waals surface area contributed by atoms with Gasteiger partial charge in [0.25, 0.3) is 0 Å². The largest absolute Gasteiger partial charge is 0.454 e. The van der Waals surface area contributed by atoms with Gasteiger partial charge in [0.15, 0.2) is 17.0 Å². The number of aryl methyl sites for hydroxylation is 2. The van der Waals surface area contributed by atoms with Gasteiger partial charge >= 0.3 is 0 Å². The summed E-state index contributed by atoms with van der Waals surface area (Å²) in [7, 11) is 1.92. The molecule has 0 radical (unpaired) electrons. The number of hydrogen-bond donors (Lipinski definition) is 1. The number of allylic oxidation sites excluding steroid dienone is 2. The van der Waals surface area contributed by atoms with Crippen molar-refractivity contribution < 1.29 is 10.6 Å². The van der Waals surface area contributed by atoms with Crippen molar-refractivity contribution in [2.24, 2.45) is 5.92 Å². The first-order valence-electron chi connectivity index (χ1n) is 13.1. The third kappa shape index (κ3) is 7.17. The average molecular weight is 495 g/mol. The standard InChI is InChI=1S/C23H22N2O3.C4H10.2C2H6.H2/c1-4-14(12-24-3)15-6-7-16-17-8-9-25-13-18(20(26)5-2)21(27)11-19(25)23(17)28-22(16)10-15;1-4(2)3;2*1-2;/h4-7,10-11,13,24H,2,8-9,12H2,1,3H3;4H,1-3H3;2*1-2H3;1H/b14-4+;;;;. The van der Waals surface area contributed by atoms with Crippen LogP contribution in [0.25, 0.3) is 28.0 Å². The summed E-state index contributed by atoms with van der Waals surface area (Å²) in [6, 6.07) is 7.75. The molecule has 2 aromatic heterocycles. The molecule has 0 unspecified atom stereocenters. The van der Waals surface area contributed by atoms with Gasteiger partial charge in [0.05, 0.1) is 11.3 Å². The number of ketones is 1. The fraction of sp³-hybridized carbons (Fsp3) is 0.419. The van der Waals surface area contributed by atoms with E-state index in [4.69, 9.17) is 4.42 Å². The van der Waals surface area contributed by atoms with E-state index in [1.54, 1.807) is 6.20 Å². The van der Waals surface area contributed by atoms with Gasteiger partial charge in [-0.1, -0.05) is 73.3 Å². The number of aromatic nitrogens is 1. The number of fused-ring (bicyclic) bond motifs is 5. The molecule has 1 aliphatic rings. The predicted octanol–water partition coefficient (Wildman–Crippen LogP) is 7.77. The Bertz CT molecular complexity index is 1250. The van der Waals surface area contributed by atoms with Crippen molar-refractivity contribution in [2.45, 2.75) is 68.4 Å². The zero-order valence-electron chi connectivity index (χ0n) is 23.6. The molecular formula is C31H46N2O3. The van der Waals surface area contributed by atoms with Gasteiger partial charge in [0.1, 0.15) is 5.58 Å². The summed E-state index contributed by atoms with van der Waals surface area (Å²) in [5.41, 5.74) is 4.78. The van der Waals surface area contributed by atoms with Crippen LogP contribution in [-0.2, 0) is 13.0 Å². The second kappa shape index (κ2) is 15.0. The Morgan fingerprint density at radius 2 is 1.83 bits per heavy atom. The summed E-state index contributed by atoms with van der Waals surface area (Å²) in [5.74, 6) is 1.19. The zero-order chi connectivity index (χ0) is 27.4. The normalized spacial score (nSPS) is 11.7. The van der Waals surface area contributed by atoms with Crippen LogP contribution in [0.15, 0.2) is 58.4 Å². The number of likely N-dealkylation sites (N-methyl/N-ethyl adjacent to an activating group) is 1. The van der Waals surface area contributed by atoms with Crippen LogP contribution in [0.4, 0.5) is 0 Å². The number of pyridine rings is 1. The molecule has 1 N–H and O–H groups in total. The molecule has 5 heteroatoms. The summed E-state index contributed by atoms with van der Waals surface area (Å²) in [6.45, 7) is 21.5. The van der Waals surface area contributed by atoms with E-state index in [0.717, 1.165) is 41.0 Å². The Balaban J connectivity index is 0.00000129. The number of rotatable bonds is 5. The summed E-state index contributed by atoms with van der Waals surface area (Å²) >= 11 is 0. The Morgan fingerprint density at radius 1 is 1.19 bits per heavy atom. The van der Waals surface area contributed by atoms with Gasteiger partial charge in [-0.2, -0.15) is 0 Å². The molecule has 0 spiro atoms. The monoisotopic (exact) mass is 494 g/mol. The highest BCUT2D eigenvalue weighted by Gasteiger charge is 2.24. The molecule has 3 heterocycles. The quantitative estimate of drug-likeness (QED) is 0.291. The minimum atomic E-state index is -0.358. The lowest BCUT2D eigenvalue weighted by molar-refractivity contribution is 0.104. The van der Waals surface area contributed by atoms with Crippen LogP contribution in [0.5, 0.6) is 0 Å². The number of nitrogens with zero attached hydrogens (tertiary/aromatic N) is 1. The summed E-state index contributed by atoms with van der Waals surface area (Å²) < 4.78 is 8.12. The third-order valence-corrected chi connectivity index (χ3v) is 5.29. The molecule has 0 saturated heterocycles. The second-order valence-corrected chi connectivity index (χ2v) is 8.65. The molecular weight excluding hydrogens is 448 g/mol. The van der Waals surface area contributed by atoms with Gasteiger partial charge < -0.3 is 14.3 Å². The van der Waals surface area contributed by atoms with E-state index in [-0.39, 0.29) is 18.2 Å². The van der Waals surface area contributed by atoms with Crippen molar-refractivity contribution in [2.75, 3.05) is 13.6 Å². The van der Waals surface area contributed by atoms with E-state index >= 15 is 0 Å². The van der Waals surface area contributed by atoms with Crippen LogP contribution in [0.3, 0.4) is 0 Å². The molecule has 0 bridgehead atoms. The molecule has 1 aliphatic heterocycles. The Labute approximate surface area is 218 Å². The van der Waals surface area contributed by atoms with Crippen molar-refractivity contribution in [1.82, 2.24) is 9.88 Å². The molecule has 1 aromatic carbocycles. The lowest BCUT2D eigenvalue weighted by atomic mass is 9.98. The maximum atomic E-state index is 12.4. The van der Waals surface area contributed by atoms with E-state index < -0.39 is 0 Å². The van der Waals surface area contributed by atoms with Crippen LogP contribution in [0, 0.1) is 5.92 Å². The Kier molecular flexibility index (Phi) is 12.9. The minimum Gasteiger partial charge on any atom is -0.454 e. The summed E-state index contributed by atoms with van der Waals surface area (Å²) in [4.78, 5) is 24.4. The third-order valence-electron chi connectivity index (χ3n) is 5.29. The van der Waals surface area contributed by atoms with Gasteiger partial charge in [0, 0.05) is 37.7 Å². The Morgan fingerprint density at radius 3 is 2.39 bits per heavy atom. The summed E-state index contributed by atoms with van der Waals surface area (Å²) in [6.07, 6.45) is 5.67. The molecule has 0 amide bonds. The predicted molar refractivity (Wildman–Crippen MR) is 157 cm³/mol. The topological polar surface area (TPSA) is 64.2 Å². The van der Waals surface area contributed by atoms with Crippen molar-refractivity contribution in [3.8, 4) is 11.5 Å². The fourth-order valence-electron chi connectivity index (χ4n) is 3.85. The number of nitrogens with one attached hydrogen (secondary N) is 1. The van der Waals surface area contributed by atoms with Crippen LogP contribution in [-0.4, -0.2) is 23.9 Å². The second-order valence-electron chi connectivity index (χ2n) is 8.65. The molecule has 5 nitrogen and oxygen atoms in total.